The number of hydrogen-bond donors (Lipinski definition) is 0. The molecule has 0 unspecified atom stereocenters. The van der Waals surface area contributed by atoms with Gasteiger partial charge in [0.2, 0.25) is 0 Å². The SMILES string of the molecule is CCOC(=O)c1c(C)nn(C)c1SCc1ccccc1. The molecule has 0 bridgehead atoms. The topological polar surface area (TPSA) is 44.1 Å². The number of aromatic nitrogens is 2. The highest BCUT2D eigenvalue weighted by atomic mass is 32.2. The molecule has 106 valence electrons. The van der Waals surface area contributed by atoms with Gasteiger partial charge in [0.15, 0.2) is 0 Å². The van der Waals surface area contributed by atoms with Gasteiger partial charge in [0.1, 0.15) is 10.6 Å². The highest BCUT2D eigenvalue weighted by Gasteiger charge is 2.21. The summed E-state index contributed by atoms with van der Waals surface area (Å²) >= 11 is 1.60. The Morgan fingerprint density at radius 2 is 2.05 bits per heavy atom. The third-order valence-corrected chi connectivity index (χ3v) is 4.09. The maximum atomic E-state index is 12.0. The van der Waals surface area contributed by atoms with Gasteiger partial charge in [0, 0.05) is 12.8 Å². The second-order valence-electron chi connectivity index (χ2n) is 4.38. The first kappa shape index (κ1) is 14.7. The summed E-state index contributed by atoms with van der Waals surface area (Å²) in [6, 6.07) is 10.2. The number of carbonyl (C=O) groups is 1. The van der Waals surface area contributed by atoms with Crippen LogP contribution < -0.4 is 0 Å². The largest absolute Gasteiger partial charge is 0.462 e. The van der Waals surface area contributed by atoms with Crippen molar-refractivity contribution in [2.45, 2.75) is 24.6 Å². The zero-order chi connectivity index (χ0) is 14.5. The Labute approximate surface area is 123 Å². The van der Waals surface area contributed by atoms with Crippen molar-refractivity contribution in [2.24, 2.45) is 7.05 Å². The average molecular weight is 290 g/mol. The lowest BCUT2D eigenvalue weighted by atomic mass is 10.2. The zero-order valence-corrected chi connectivity index (χ0v) is 12.7. The van der Waals surface area contributed by atoms with E-state index >= 15 is 0 Å². The van der Waals surface area contributed by atoms with Crippen molar-refractivity contribution in [3.05, 3.63) is 47.2 Å². The molecule has 0 aliphatic rings. The number of benzene rings is 1. The molecule has 0 aliphatic carbocycles. The van der Waals surface area contributed by atoms with Gasteiger partial charge in [-0.15, -0.1) is 11.8 Å². The van der Waals surface area contributed by atoms with Crippen molar-refractivity contribution in [1.29, 1.82) is 0 Å². The molecule has 2 aromatic rings. The Morgan fingerprint density at radius 3 is 2.70 bits per heavy atom. The van der Waals surface area contributed by atoms with Crippen molar-refractivity contribution in [2.75, 3.05) is 6.61 Å². The summed E-state index contributed by atoms with van der Waals surface area (Å²) in [5.41, 5.74) is 2.50. The van der Waals surface area contributed by atoms with Gasteiger partial charge in [-0.05, 0) is 19.4 Å². The van der Waals surface area contributed by atoms with Crippen molar-refractivity contribution in [3.8, 4) is 0 Å². The standard InChI is InChI=1S/C15H18N2O2S/c1-4-19-15(18)13-11(2)16-17(3)14(13)20-10-12-8-6-5-7-9-12/h5-9H,4,10H2,1-3H3. The summed E-state index contributed by atoms with van der Waals surface area (Å²) in [6.45, 7) is 4.01. The van der Waals surface area contributed by atoms with E-state index in [0.29, 0.717) is 17.9 Å². The molecule has 0 aliphatic heterocycles. The maximum Gasteiger partial charge on any atom is 0.342 e. The number of esters is 1. The van der Waals surface area contributed by atoms with E-state index in [9.17, 15) is 4.79 Å². The molecule has 20 heavy (non-hydrogen) atoms. The van der Waals surface area contributed by atoms with Crippen LogP contribution in [-0.4, -0.2) is 22.4 Å². The fraction of sp³-hybridized carbons (Fsp3) is 0.333. The van der Waals surface area contributed by atoms with Gasteiger partial charge in [-0.2, -0.15) is 5.10 Å². The van der Waals surface area contributed by atoms with E-state index in [-0.39, 0.29) is 5.97 Å². The van der Waals surface area contributed by atoms with E-state index < -0.39 is 0 Å². The normalized spacial score (nSPS) is 10.6. The Morgan fingerprint density at radius 1 is 1.35 bits per heavy atom. The fourth-order valence-corrected chi connectivity index (χ4v) is 3.07. The molecule has 0 spiro atoms. The van der Waals surface area contributed by atoms with Crippen molar-refractivity contribution < 1.29 is 9.53 Å². The molecule has 0 saturated heterocycles. The lowest BCUT2D eigenvalue weighted by Gasteiger charge is -2.06. The summed E-state index contributed by atoms with van der Waals surface area (Å²) in [4.78, 5) is 12.0. The molecule has 1 aromatic carbocycles. The summed E-state index contributed by atoms with van der Waals surface area (Å²) in [7, 11) is 1.85. The minimum Gasteiger partial charge on any atom is -0.462 e. The predicted molar refractivity (Wildman–Crippen MR) is 79.9 cm³/mol. The summed E-state index contributed by atoms with van der Waals surface area (Å²) in [5.74, 6) is 0.500. The second-order valence-corrected chi connectivity index (χ2v) is 5.35. The van der Waals surface area contributed by atoms with Crippen LogP contribution in [-0.2, 0) is 17.5 Å². The molecule has 0 N–H and O–H groups in total. The summed E-state index contributed by atoms with van der Waals surface area (Å²) in [5, 5.41) is 5.17. The average Bonchev–Trinajstić information content (AvgIpc) is 2.72. The van der Waals surface area contributed by atoms with Crippen molar-refractivity contribution in [1.82, 2.24) is 9.78 Å². The number of thioether (sulfide) groups is 1. The van der Waals surface area contributed by atoms with Crippen LogP contribution >= 0.6 is 11.8 Å². The van der Waals surface area contributed by atoms with Crippen LogP contribution in [0.4, 0.5) is 0 Å². The van der Waals surface area contributed by atoms with E-state index in [0.717, 1.165) is 10.8 Å². The number of aryl methyl sites for hydroxylation is 2. The van der Waals surface area contributed by atoms with Gasteiger partial charge in [-0.1, -0.05) is 30.3 Å². The molecule has 1 aromatic heterocycles. The number of nitrogens with zero attached hydrogens (tertiary/aromatic N) is 2. The monoisotopic (exact) mass is 290 g/mol. The van der Waals surface area contributed by atoms with Gasteiger partial charge >= 0.3 is 5.97 Å². The lowest BCUT2D eigenvalue weighted by Crippen LogP contribution is -2.07. The number of ether oxygens (including phenoxy) is 1. The zero-order valence-electron chi connectivity index (χ0n) is 11.9. The molecule has 5 heteroatoms. The number of carbonyl (C=O) groups excluding carboxylic acids is 1. The first-order valence-electron chi connectivity index (χ1n) is 6.51. The summed E-state index contributed by atoms with van der Waals surface area (Å²) < 4.78 is 6.85. The van der Waals surface area contributed by atoms with Gasteiger partial charge < -0.3 is 4.74 Å². The highest BCUT2D eigenvalue weighted by molar-refractivity contribution is 7.98. The fourth-order valence-electron chi connectivity index (χ4n) is 1.97. The smallest absolute Gasteiger partial charge is 0.342 e. The van der Waals surface area contributed by atoms with E-state index in [2.05, 4.69) is 17.2 Å². The van der Waals surface area contributed by atoms with E-state index in [1.807, 2.05) is 32.2 Å². The molecule has 0 atom stereocenters. The molecule has 1 heterocycles. The summed E-state index contributed by atoms with van der Waals surface area (Å²) in [6.07, 6.45) is 0. The predicted octanol–water partition coefficient (Wildman–Crippen LogP) is 3.20. The third kappa shape index (κ3) is 3.22. The molecular weight excluding hydrogens is 272 g/mol. The first-order chi connectivity index (χ1) is 9.63. The molecular formula is C15H18N2O2S. The van der Waals surface area contributed by atoms with Crippen LogP contribution in [0.15, 0.2) is 35.4 Å². The van der Waals surface area contributed by atoms with Gasteiger partial charge in [0.25, 0.3) is 0 Å². The molecule has 0 saturated carbocycles. The Balaban J connectivity index is 2.20. The highest BCUT2D eigenvalue weighted by Crippen LogP contribution is 2.28. The van der Waals surface area contributed by atoms with E-state index in [1.165, 1.54) is 5.56 Å². The molecule has 2 rings (SSSR count). The molecule has 0 fully saturated rings. The van der Waals surface area contributed by atoms with Crippen molar-refractivity contribution >= 4 is 17.7 Å². The van der Waals surface area contributed by atoms with Crippen LogP contribution in [0.25, 0.3) is 0 Å². The molecule has 4 nitrogen and oxygen atoms in total. The maximum absolute atomic E-state index is 12.0. The van der Waals surface area contributed by atoms with Crippen LogP contribution in [0.1, 0.15) is 28.5 Å². The Bertz CT molecular complexity index is 593. The lowest BCUT2D eigenvalue weighted by molar-refractivity contribution is 0.0521. The number of rotatable bonds is 5. The first-order valence-corrected chi connectivity index (χ1v) is 7.49. The van der Waals surface area contributed by atoms with Crippen LogP contribution in [0.2, 0.25) is 0 Å². The number of hydrogen-bond acceptors (Lipinski definition) is 4. The minimum atomic E-state index is -0.298. The third-order valence-electron chi connectivity index (χ3n) is 2.87. The Hall–Kier alpha value is -1.75. The molecule has 0 radical (unpaired) electrons. The quantitative estimate of drug-likeness (QED) is 0.626. The van der Waals surface area contributed by atoms with Gasteiger partial charge in [0.05, 0.1) is 12.3 Å². The van der Waals surface area contributed by atoms with E-state index in [1.54, 1.807) is 23.4 Å². The van der Waals surface area contributed by atoms with Crippen LogP contribution in [0.3, 0.4) is 0 Å². The van der Waals surface area contributed by atoms with Gasteiger partial charge in [-0.3, -0.25) is 4.68 Å². The van der Waals surface area contributed by atoms with E-state index in [4.69, 9.17) is 4.74 Å². The van der Waals surface area contributed by atoms with Crippen molar-refractivity contribution in [3.63, 3.8) is 0 Å². The molecule has 0 amide bonds. The van der Waals surface area contributed by atoms with Gasteiger partial charge in [-0.25, -0.2) is 4.79 Å². The minimum absolute atomic E-state index is 0.298. The van der Waals surface area contributed by atoms with Crippen LogP contribution in [0, 0.1) is 6.92 Å². The van der Waals surface area contributed by atoms with Crippen LogP contribution in [0.5, 0.6) is 0 Å². The Kier molecular flexibility index (Phi) is 4.84. The second kappa shape index (κ2) is 6.61.